The molecule has 0 saturated carbocycles. The van der Waals surface area contributed by atoms with Crippen LogP contribution in [0.5, 0.6) is 11.5 Å². The predicted molar refractivity (Wildman–Crippen MR) is 128 cm³/mol. The number of carbonyl (C=O) groups is 1. The lowest BCUT2D eigenvalue weighted by molar-refractivity contribution is -0.122. The summed E-state index contributed by atoms with van der Waals surface area (Å²) in [6.07, 6.45) is 1.91. The average molecular weight is 464 g/mol. The van der Waals surface area contributed by atoms with Gasteiger partial charge in [-0.15, -0.1) is 0 Å². The first-order valence-electron chi connectivity index (χ1n) is 10.6. The van der Waals surface area contributed by atoms with Crippen LogP contribution in [0.25, 0.3) is 11.8 Å². The van der Waals surface area contributed by atoms with Gasteiger partial charge in [0.05, 0.1) is 10.6 Å². The highest BCUT2D eigenvalue weighted by atomic mass is 32.2. The third kappa shape index (κ3) is 3.91. The summed E-state index contributed by atoms with van der Waals surface area (Å²) in [6, 6.07) is 13.8. The number of carbonyl (C=O) groups excluding carboxylic acids is 1. The second-order valence-corrected chi connectivity index (χ2v) is 8.74. The largest absolute Gasteiger partial charge is 0.454 e. The Balaban J connectivity index is 1.48. The van der Waals surface area contributed by atoms with Crippen molar-refractivity contribution in [3.63, 3.8) is 0 Å². The van der Waals surface area contributed by atoms with E-state index in [2.05, 4.69) is 15.6 Å². The molecule has 1 fully saturated rings. The number of halogens is 1. The van der Waals surface area contributed by atoms with Gasteiger partial charge in [0.15, 0.2) is 16.7 Å². The summed E-state index contributed by atoms with van der Waals surface area (Å²) < 4.78 is 26.3. The second kappa shape index (κ2) is 8.44. The zero-order chi connectivity index (χ0) is 23.1. The first-order valence-corrected chi connectivity index (χ1v) is 11.4. The van der Waals surface area contributed by atoms with E-state index in [-0.39, 0.29) is 18.5 Å². The number of amidine groups is 1. The molecule has 3 heterocycles. The molecule has 0 atom stereocenters. The number of thioether (sulfide) groups is 1. The molecule has 0 radical (unpaired) electrons. The van der Waals surface area contributed by atoms with E-state index in [0.29, 0.717) is 22.3 Å². The van der Waals surface area contributed by atoms with E-state index in [1.807, 2.05) is 45.0 Å². The van der Waals surface area contributed by atoms with Gasteiger partial charge in [0.25, 0.3) is 5.91 Å². The Kier molecular flexibility index (Phi) is 5.46. The minimum absolute atomic E-state index is 0.0868. The maximum Gasteiger partial charge on any atom is 0.266 e. The highest BCUT2D eigenvalue weighted by Crippen LogP contribution is 2.37. The smallest absolute Gasteiger partial charge is 0.266 e. The number of amides is 1. The maximum atomic E-state index is 13.2. The van der Waals surface area contributed by atoms with E-state index in [1.165, 1.54) is 23.9 Å². The van der Waals surface area contributed by atoms with Crippen LogP contribution >= 0.6 is 11.8 Å². The molecule has 1 saturated heterocycles. The van der Waals surface area contributed by atoms with Crippen molar-refractivity contribution in [1.82, 2.24) is 9.47 Å². The molecule has 8 heteroatoms. The van der Waals surface area contributed by atoms with Gasteiger partial charge < -0.3 is 14.0 Å². The summed E-state index contributed by atoms with van der Waals surface area (Å²) in [5.74, 6) is 1.06. The monoisotopic (exact) mass is 463 g/mol. The molecule has 0 spiro atoms. The Hall–Kier alpha value is -3.52. The van der Waals surface area contributed by atoms with Crippen LogP contribution in [0.3, 0.4) is 0 Å². The third-order valence-electron chi connectivity index (χ3n) is 5.63. The fourth-order valence-corrected chi connectivity index (χ4v) is 5.05. The Morgan fingerprint density at radius 3 is 2.61 bits per heavy atom. The van der Waals surface area contributed by atoms with Gasteiger partial charge in [-0.05, 0) is 86.6 Å². The van der Waals surface area contributed by atoms with Crippen LogP contribution in [0, 0.1) is 19.7 Å². The topological polar surface area (TPSA) is 56.1 Å². The molecular weight excluding hydrogens is 441 g/mol. The van der Waals surface area contributed by atoms with E-state index < -0.39 is 0 Å². The summed E-state index contributed by atoms with van der Waals surface area (Å²) in [6.45, 7) is 6.70. The van der Waals surface area contributed by atoms with Crippen LogP contribution in [-0.2, 0) is 4.79 Å². The first-order chi connectivity index (χ1) is 15.9. The lowest BCUT2D eigenvalue weighted by Gasteiger charge is -2.12. The first kappa shape index (κ1) is 21.3. The molecule has 2 aromatic carbocycles. The molecule has 1 amide bonds. The maximum absolute atomic E-state index is 13.2. The third-order valence-corrected chi connectivity index (χ3v) is 6.63. The summed E-state index contributed by atoms with van der Waals surface area (Å²) in [4.78, 5) is 19.9. The van der Waals surface area contributed by atoms with Gasteiger partial charge in [-0.2, -0.15) is 0 Å². The second-order valence-electron chi connectivity index (χ2n) is 7.73. The van der Waals surface area contributed by atoms with E-state index in [9.17, 15) is 9.18 Å². The molecule has 0 N–H and O–H groups in total. The standard InChI is InChI=1S/C25H22FN3O3S/c1-4-28-24(30)23(33-25(28)27-19-7-5-18(26)6-8-19)12-17-11-15(2)29(16(17)3)20-9-10-21-22(13-20)32-14-31-21/h5-13H,4,14H2,1-3H3/b23-12+,27-25?. The van der Waals surface area contributed by atoms with Crippen LogP contribution in [0.4, 0.5) is 10.1 Å². The number of benzene rings is 2. The number of hydrogen-bond acceptors (Lipinski definition) is 5. The molecule has 5 rings (SSSR count). The highest BCUT2D eigenvalue weighted by molar-refractivity contribution is 8.18. The van der Waals surface area contributed by atoms with Crippen molar-refractivity contribution in [2.24, 2.45) is 4.99 Å². The van der Waals surface area contributed by atoms with Crippen LogP contribution in [0.2, 0.25) is 0 Å². The molecule has 0 unspecified atom stereocenters. The molecule has 1 aromatic heterocycles. The van der Waals surface area contributed by atoms with Crippen LogP contribution < -0.4 is 9.47 Å². The van der Waals surface area contributed by atoms with Gasteiger partial charge in [-0.1, -0.05) is 0 Å². The number of hydrogen-bond donors (Lipinski definition) is 0. The molecule has 168 valence electrons. The zero-order valence-electron chi connectivity index (χ0n) is 18.5. The van der Waals surface area contributed by atoms with E-state index in [1.54, 1.807) is 17.0 Å². The van der Waals surface area contributed by atoms with Crippen molar-refractivity contribution in [3.8, 4) is 17.2 Å². The minimum Gasteiger partial charge on any atom is -0.454 e. The van der Waals surface area contributed by atoms with Crippen molar-refractivity contribution < 1.29 is 18.7 Å². The SMILES string of the molecule is CCN1C(=O)/C(=C\c2cc(C)n(-c3ccc4c(c3)OCO4)c2C)SC1=Nc1ccc(F)cc1. The minimum atomic E-state index is -0.320. The number of likely N-dealkylation sites (N-methyl/N-ethyl adjacent to an activating group) is 1. The fraction of sp³-hybridized carbons (Fsp3) is 0.200. The van der Waals surface area contributed by atoms with E-state index >= 15 is 0 Å². The number of rotatable bonds is 4. The summed E-state index contributed by atoms with van der Waals surface area (Å²) in [5.41, 5.74) is 4.59. The predicted octanol–water partition coefficient (Wildman–Crippen LogP) is 5.59. The summed E-state index contributed by atoms with van der Waals surface area (Å²) >= 11 is 1.33. The number of fused-ring (bicyclic) bond motifs is 1. The molecule has 2 aliphatic heterocycles. The van der Waals surface area contributed by atoms with Gasteiger partial charge in [-0.25, -0.2) is 9.38 Å². The molecule has 33 heavy (non-hydrogen) atoms. The summed E-state index contributed by atoms with van der Waals surface area (Å²) in [5, 5.41) is 0.588. The number of aryl methyl sites for hydroxylation is 1. The lowest BCUT2D eigenvalue weighted by Crippen LogP contribution is -2.28. The molecule has 2 aliphatic rings. The fourth-order valence-electron chi connectivity index (χ4n) is 3.99. The zero-order valence-corrected chi connectivity index (χ0v) is 19.3. The molecular formula is C25H22FN3O3S. The summed E-state index contributed by atoms with van der Waals surface area (Å²) in [7, 11) is 0. The Morgan fingerprint density at radius 2 is 1.85 bits per heavy atom. The normalized spacial score (nSPS) is 17.6. The van der Waals surface area contributed by atoms with E-state index in [4.69, 9.17) is 9.47 Å². The van der Waals surface area contributed by atoms with Crippen molar-refractivity contribution in [2.45, 2.75) is 20.8 Å². The van der Waals surface area contributed by atoms with Crippen molar-refractivity contribution in [2.75, 3.05) is 13.3 Å². The van der Waals surface area contributed by atoms with Crippen molar-refractivity contribution in [3.05, 3.63) is 76.2 Å². The quantitative estimate of drug-likeness (QED) is 0.474. The van der Waals surface area contributed by atoms with Crippen LogP contribution in [0.1, 0.15) is 23.9 Å². The molecule has 0 aliphatic carbocycles. The molecule has 6 nitrogen and oxygen atoms in total. The van der Waals surface area contributed by atoms with Gasteiger partial charge in [-0.3, -0.25) is 9.69 Å². The number of nitrogens with zero attached hydrogens (tertiary/aromatic N) is 3. The van der Waals surface area contributed by atoms with Gasteiger partial charge >= 0.3 is 0 Å². The van der Waals surface area contributed by atoms with Gasteiger partial charge in [0.2, 0.25) is 6.79 Å². The van der Waals surface area contributed by atoms with Crippen LogP contribution in [-0.4, -0.2) is 33.9 Å². The van der Waals surface area contributed by atoms with Crippen molar-refractivity contribution in [1.29, 1.82) is 0 Å². The number of ether oxygens (including phenoxy) is 2. The molecule has 3 aromatic rings. The molecule has 0 bridgehead atoms. The van der Waals surface area contributed by atoms with Gasteiger partial charge in [0, 0.05) is 29.7 Å². The van der Waals surface area contributed by atoms with Crippen molar-refractivity contribution >= 4 is 34.6 Å². The Bertz CT molecular complexity index is 1310. The lowest BCUT2D eigenvalue weighted by atomic mass is 10.2. The Morgan fingerprint density at radius 1 is 1.09 bits per heavy atom. The van der Waals surface area contributed by atoms with Gasteiger partial charge in [0.1, 0.15) is 5.82 Å². The number of aromatic nitrogens is 1. The van der Waals surface area contributed by atoms with Crippen LogP contribution in [0.15, 0.2) is 58.4 Å². The number of aliphatic imine (C=N–C) groups is 1. The van der Waals surface area contributed by atoms with E-state index in [0.717, 1.165) is 34.1 Å². The average Bonchev–Trinajstić information content (AvgIpc) is 3.46. The Labute approximate surface area is 195 Å². The highest BCUT2D eigenvalue weighted by Gasteiger charge is 2.32.